The average molecular weight is 376 g/mol. The summed E-state index contributed by atoms with van der Waals surface area (Å²) in [5.41, 5.74) is 0.585. The molecule has 1 heterocycles. The number of thiazole rings is 1. The van der Waals surface area contributed by atoms with Gasteiger partial charge in [0.05, 0.1) is 12.6 Å². The van der Waals surface area contributed by atoms with E-state index in [0.29, 0.717) is 23.1 Å². The van der Waals surface area contributed by atoms with E-state index in [1.807, 2.05) is 0 Å². The predicted octanol–water partition coefficient (Wildman–Crippen LogP) is 3.76. The van der Waals surface area contributed by atoms with Crippen LogP contribution in [0.3, 0.4) is 0 Å². The number of carbonyl (C=O) groups excluding carboxylic acids is 2. The molecule has 0 radical (unpaired) electrons. The number of rotatable bonds is 6. The molecule has 0 aliphatic rings. The fourth-order valence-corrected chi connectivity index (χ4v) is 2.38. The van der Waals surface area contributed by atoms with Crippen LogP contribution in [0.25, 0.3) is 0 Å². The first kappa shape index (κ1) is 18.8. The van der Waals surface area contributed by atoms with Crippen molar-refractivity contribution in [2.45, 2.75) is 25.6 Å². The van der Waals surface area contributed by atoms with Crippen LogP contribution in [0.4, 0.5) is 22.7 Å². The van der Waals surface area contributed by atoms with Crippen molar-refractivity contribution in [3.63, 3.8) is 0 Å². The molecule has 2 rings (SSSR count). The van der Waals surface area contributed by atoms with Gasteiger partial charge in [0.2, 0.25) is 5.91 Å². The van der Waals surface area contributed by atoms with Gasteiger partial charge in [-0.2, -0.15) is 13.2 Å². The SMILES string of the molecule is O=C(CCC(=O)OCc1ccc(F)cc1)Nc1ncc(C(F)(F)F)s1. The van der Waals surface area contributed by atoms with Crippen LogP contribution in [0, 0.1) is 5.82 Å². The molecule has 1 N–H and O–H groups in total. The molecule has 0 aliphatic heterocycles. The Bertz CT molecular complexity index is 744. The molecule has 25 heavy (non-hydrogen) atoms. The van der Waals surface area contributed by atoms with Gasteiger partial charge >= 0.3 is 12.1 Å². The summed E-state index contributed by atoms with van der Waals surface area (Å²) in [7, 11) is 0. The molecule has 0 bridgehead atoms. The van der Waals surface area contributed by atoms with E-state index >= 15 is 0 Å². The van der Waals surface area contributed by atoms with Crippen molar-refractivity contribution < 1.29 is 31.9 Å². The minimum atomic E-state index is -4.52. The van der Waals surface area contributed by atoms with E-state index in [1.54, 1.807) is 0 Å². The summed E-state index contributed by atoms with van der Waals surface area (Å²) in [5, 5.41) is 1.99. The summed E-state index contributed by atoms with van der Waals surface area (Å²) in [6.07, 6.45) is -4.41. The van der Waals surface area contributed by atoms with E-state index in [9.17, 15) is 27.2 Å². The minimum absolute atomic E-state index is 0.0673. The summed E-state index contributed by atoms with van der Waals surface area (Å²) in [5.74, 6) is -1.72. The van der Waals surface area contributed by atoms with E-state index in [-0.39, 0.29) is 24.6 Å². The van der Waals surface area contributed by atoms with Crippen LogP contribution >= 0.6 is 11.3 Å². The molecule has 0 saturated carbocycles. The topological polar surface area (TPSA) is 68.3 Å². The number of hydrogen-bond donors (Lipinski definition) is 1. The molecule has 0 spiro atoms. The van der Waals surface area contributed by atoms with Crippen LogP contribution < -0.4 is 5.32 Å². The highest BCUT2D eigenvalue weighted by Gasteiger charge is 2.33. The second-order valence-corrected chi connectivity index (χ2v) is 5.89. The number of anilines is 1. The van der Waals surface area contributed by atoms with Crippen molar-refractivity contribution in [3.8, 4) is 0 Å². The number of ether oxygens (including phenoxy) is 1. The molecule has 10 heteroatoms. The van der Waals surface area contributed by atoms with Gasteiger partial charge < -0.3 is 10.1 Å². The standard InChI is InChI=1S/C15H12F4N2O3S/c16-10-3-1-9(2-4-10)8-24-13(23)6-5-12(22)21-14-20-7-11(25-14)15(17,18)19/h1-4,7H,5-6,8H2,(H,20,21,22). The smallest absolute Gasteiger partial charge is 0.427 e. The van der Waals surface area contributed by atoms with Gasteiger partial charge in [-0.15, -0.1) is 0 Å². The maximum Gasteiger partial charge on any atom is 0.427 e. The molecule has 0 saturated heterocycles. The molecular weight excluding hydrogens is 364 g/mol. The Labute approximate surface area is 143 Å². The van der Waals surface area contributed by atoms with Crippen LogP contribution in [-0.2, 0) is 27.1 Å². The number of benzene rings is 1. The molecule has 5 nitrogen and oxygen atoms in total. The zero-order chi connectivity index (χ0) is 18.4. The summed E-state index contributed by atoms with van der Waals surface area (Å²) in [6, 6.07) is 5.35. The normalized spacial score (nSPS) is 11.2. The Balaban J connectivity index is 1.73. The highest BCUT2D eigenvalue weighted by Crippen LogP contribution is 2.34. The largest absolute Gasteiger partial charge is 0.461 e. The van der Waals surface area contributed by atoms with Gasteiger partial charge in [0.1, 0.15) is 17.3 Å². The molecule has 0 aliphatic carbocycles. The van der Waals surface area contributed by atoms with Gasteiger partial charge in [0, 0.05) is 6.42 Å². The van der Waals surface area contributed by atoms with Crippen LogP contribution in [0.2, 0.25) is 0 Å². The lowest BCUT2D eigenvalue weighted by atomic mass is 10.2. The maximum absolute atomic E-state index is 12.7. The molecule has 2 aromatic rings. The van der Waals surface area contributed by atoms with Gasteiger partial charge in [-0.3, -0.25) is 9.59 Å². The van der Waals surface area contributed by atoms with Crippen molar-refractivity contribution in [1.29, 1.82) is 0 Å². The number of nitrogens with one attached hydrogen (secondary N) is 1. The van der Waals surface area contributed by atoms with Crippen molar-refractivity contribution >= 4 is 28.3 Å². The molecule has 1 aromatic heterocycles. The third kappa shape index (κ3) is 6.14. The third-order valence-corrected chi connectivity index (χ3v) is 3.86. The fourth-order valence-electron chi connectivity index (χ4n) is 1.68. The molecule has 1 amide bonds. The summed E-state index contributed by atoms with van der Waals surface area (Å²) in [6.45, 7) is -0.0673. The van der Waals surface area contributed by atoms with Crippen LogP contribution in [0.5, 0.6) is 0 Å². The quantitative estimate of drug-likeness (QED) is 0.616. The Morgan fingerprint density at radius 1 is 1.16 bits per heavy atom. The van der Waals surface area contributed by atoms with Crippen molar-refractivity contribution in [3.05, 3.63) is 46.7 Å². The van der Waals surface area contributed by atoms with E-state index in [4.69, 9.17) is 4.74 Å². The second kappa shape index (κ2) is 8.06. The zero-order valence-electron chi connectivity index (χ0n) is 12.6. The van der Waals surface area contributed by atoms with Gasteiger partial charge in [0.15, 0.2) is 5.13 Å². The second-order valence-electron chi connectivity index (χ2n) is 4.86. The number of aromatic nitrogens is 1. The molecule has 1 aromatic carbocycles. The molecule has 134 valence electrons. The van der Waals surface area contributed by atoms with E-state index in [0.717, 1.165) is 0 Å². The van der Waals surface area contributed by atoms with E-state index in [2.05, 4.69) is 10.3 Å². The minimum Gasteiger partial charge on any atom is -0.461 e. The lowest BCUT2D eigenvalue weighted by Crippen LogP contribution is -2.14. The Morgan fingerprint density at radius 2 is 1.84 bits per heavy atom. The Hall–Kier alpha value is -2.49. The van der Waals surface area contributed by atoms with Gasteiger partial charge in [-0.1, -0.05) is 23.5 Å². The van der Waals surface area contributed by atoms with Crippen LogP contribution in [0.1, 0.15) is 23.3 Å². The summed E-state index contributed by atoms with van der Waals surface area (Å²) >= 11 is 0.296. The van der Waals surface area contributed by atoms with E-state index < -0.39 is 28.7 Å². The number of hydrogen-bond acceptors (Lipinski definition) is 5. The highest BCUT2D eigenvalue weighted by atomic mass is 32.1. The monoisotopic (exact) mass is 376 g/mol. The predicted molar refractivity (Wildman–Crippen MR) is 81.2 cm³/mol. The first-order chi connectivity index (χ1) is 11.7. The van der Waals surface area contributed by atoms with E-state index in [1.165, 1.54) is 24.3 Å². The Kier molecular flexibility index (Phi) is 6.07. The van der Waals surface area contributed by atoms with Crippen LogP contribution in [0.15, 0.2) is 30.5 Å². The third-order valence-electron chi connectivity index (χ3n) is 2.90. The van der Waals surface area contributed by atoms with Crippen LogP contribution in [-0.4, -0.2) is 16.9 Å². The first-order valence-electron chi connectivity index (χ1n) is 6.97. The number of amides is 1. The van der Waals surface area contributed by atoms with Gasteiger partial charge in [0.25, 0.3) is 0 Å². The molecule has 0 unspecified atom stereocenters. The molecule has 0 fully saturated rings. The number of carbonyl (C=O) groups is 2. The number of nitrogens with zero attached hydrogens (tertiary/aromatic N) is 1. The lowest BCUT2D eigenvalue weighted by molar-refractivity contribution is -0.146. The van der Waals surface area contributed by atoms with Gasteiger partial charge in [-0.05, 0) is 17.7 Å². The number of alkyl halides is 3. The average Bonchev–Trinajstić information content (AvgIpc) is 3.01. The lowest BCUT2D eigenvalue weighted by Gasteiger charge is -2.05. The molecule has 0 atom stereocenters. The fraction of sp³-hybridized carbons (Fsp3) is 0.267. The van der Waals surface area contributed by atoms with Crippen molar-refractivity contribution in [1.82, 2.24) is 4.98 Å². The molecular formula is C15H12F4N2O3S. The zero-order valence-corrected chi connectivity index (χ0v) is 13.4. The Morgan fingerprint density at radius 3 is 2.44 bits per heavy atom. The number of halogens is 4. The highest BCUT2D eigenvalue weighted by molar-refractivity contribution is 7.15. The summed E-state index contributed by atoms with van der Waals surface area (Å²) in [4.78, 5) is 25.7. The van der Waals surface area contributed by atoms with Crippen molar-refractivity contribution in [2.75, 3.05) is 5.32 Å². The maximum atomic E-state index is 12.7. The van der Waals surface area contributed by atoms with Gasteiger partial charge in [-0.25, -0.2) is 9.37 Å². The first-order valence-corrected chi connectivity index (χ1v) is 7.78. The number of esters is 1. The summed E-state index contributed by atoms with van der Waals surface area (Å²) < 4.78 is 54.9. The van der Waals surface area contributed by atoms with Crippen molar-refractivity contribution in [2.24, 2.45) is 0 Å².